The van der Waals surface area contributed by atoms with E-state index in [4.69, 9.17) is 9.97 Å². The largest absolute Gasteiger partial charge is 0.420 e. The lowest BCUT2D eigenvalue weighted by atomic mass is 9.96. The van der Waals surface area contributed by atoms with Crippen LogP contribution in [0.15, 0.2) is 213 Å². The maximum Gasteiger partial charge on any atom is 0.420 e. The fourth-order valence-corrected chi connectivity index (χ4v) is 9.73. The van der Waals surface area contributed by atoms with Crippen LogP contribution >= 0.6 is 0 Å². The maximum atomic E-state index is 16.6. The quantitative estimate of drug-likeness (QED) is 0.149. The number of fused-ring (bicyclic) bond motifs is 6. The topological polar surface area (TPSA) is 35.6 Å². The number of halogens is 5. The van der Waals surface area contributed by atoms with Gasteiger partial charge in [-0.15, -0.1) is 0 Å². The SMILES string of the molecule is Fc1cccc(F)c1-c1ccc(-n2c3ccccc3c3cc(-c4ccc(-c5ccccc5)nc4)ccc32)c(C(F)(F)F)c1-n1c2ccccc2c2cc(-c3ccc(-c4ccccc4)nc3)ccc21. The molecule has 12 rings (SSSR count). The van der Waals surface area contributed by atoms with Gasteiger partial charge in [0.15, 0.2) is 0 Å². The molecule has 0 saturated heterocycles. The molecule has 8 aromatic carbocycles. The van der Waals surface area contributed by atoms with Crippen LogP contribution in [-0.2, 0) is 6.18 Å². The Hall–Kier alpha value is -8.69. The first-order chi connectivity index (χ1) is 33.2. The first-order valence-electron chi connectivity index (χ1n) is 22.0. The van der Waals surface area contributed by atoms with Crippen molar-refractivity contribution in [2.75, 3.05) is 0 Å². The zero-order chi connectivity index (χ0) is 46.1. The van der Waals surface area contributed by atoms with Crippen LogP contribution in [-0.4, -0.2) is 19.1 Å². The third kappa shape index (κ3) is 6.73. The highest BCUT2D eigenvalue weighted by atomic mass is 19.4. The molecule has 12 aromatic rings. The van der Waals surface area contributed by atoms with E-state index in [-0.39, 0.29) is 11.3 Å². The molecule has 0 N–H and O–H groups in total. The van der Waals surface area contributed by atoms with Crippen LogP contribution in [0.3, 0.4) is 0 Å². The number of alkyl halides is 3. The Balaban J connectivity index is 1.10. The highest BCUT2D eigenvalue weighted by molar-refractivity contribution is 6.13. The minimum absolute atomic E-state index is 0.201. The van der Waals surface area contributed by atoms with E-state index < -0.39 is 34.6 Å². The normalized spacial score (nSPS) is 11.9. The van der Waals surface area contributed by atoms with Crippen LogP contribution in [0.1, 0.15) is 5.56 Å². The molecular weight excluding hydrogens is 860 g/mol. The van der Waals surface area contributed by atoms with E-state index in [0.717, 1.165) is 67.7 Å². The first-order valence-corrected chi connectivity index (χ1v) is 22.0. The van der Waals surface area contributed by atoms with Crippen molar-refractivity contribution in [2.45, 2.75) is 6.18 Å². The second-order valence-electron chi connectivity index (χ2n) is 16.7. The van der Waals surface area contributed by atoms with E-state index in [0.29, 0.717) is 32.8 Å². The Kier molecular flexibility index (Phi) is 9.62. The van der Waals surface area contributed by atoms with Gasteiger partial charge in [0.25, 0.3) is 0 Å². The summed E-state index contributed by atoms with van der Waals surface area (Å²) in [5.74, 6) is -1.98. The molecule has 4 heterocycles. The summed E-state index contributed by atoms with van der Waals surface area (Å²) in [6.07, 6.45) is -1.47. The van der Waals surface area contributed by atoms with Crippen LogP contribution < -0.4 is 0 Å². The minimum Gasteiger partial charge on any atom is -0.309 e. The van der Waals surface area contributed by atoms with Crippen LogP contribution in [0, 0.1) is 11.6 Å². The average molecular weight is 895 g/mol. The van der Waals surface area contributed by atoms with Gasteiger partial charge in [0.2, 0.25) is 0 Å². The van der Waals surface area contributed by atoms with Gasteiger partial charge in [0.05, 0.1) is 50.4 Å². The Morgan fingerprint density at radius 2 is 0.824 bits per heavy atom. The lowest BCUT2D eigenvalue weighted by Crippen LogP contribution is -2.17. The number of pyridine rings is 2. The Morgan fingerprint density at radius 3 is 1.32 bits per heavy atom. The van der Waals surface area contributed by atoms with Crippen molar-refractivity contribution in [3.05, 3.63) is 230 Å². The molecule has 0 fully saturated rings. The maximum absolute atomic E-state index is 16.6. The van der Waals surface area contributed by atoms with Gasteiger partial charge in [-0.25, -0.2) is 8.78 Å². The van der Waals surface area contributed by atoms with Gasteiger partial charge in [-0.1, -0.05) is 127 Å². The molecule has 4 nitrogen and oxygen atoms in total. The highest BCUT2D eigenvalue weighted by Crippen LogP contribution is 2.49. The predicted molar refractivity (Wildman–Crippen MR) is 263 cm³/mol. The van der Waals surface area contributed by atoms with Gasteiger partial charge in [-0.05, 0) is 83.9 Å². The fourth-order valence-electron chi connectivity index (χ4n) is 9.73. The number of hydrogen-bond acceptors (Lipinski definition) is 2. The Labute approximate surface area is 386 Å². The van der Waals surface area contributed by atoms with Crippen molar-refractivity contribution in [1.29, 1.82) is 0 Å². The van der Waals surface area contributed by atoms with Crippen molar-refractivity contribution in [1.82, 2.24) is 19.1 Å². The molecule has 326 valence electrons. The predicted octanol–water partition coefficient (Wildman–Crippen LogP) is 16.3. The number of para-hydroxylation sites is 2. The van der Waals surface area contributed by atoms with Crippen molar-refractivity contribution in [2.24, 2.45) is 0 Å². The van der Waals surface area contributed by atoms with Crippen molar-refractivity contribution >= 4 is 43.6 Å². The van der Waals surface area contributed by atoms with Crippen LogP contribution in [0.5, 0.6) is 0 Å². The summed E-state index contributed by atoms with van der Waals surface area (Å²) in [6.45, 7) is 0. The van der Waals surface area contributed by atoms with Crippen LogP contribution in [0.4, 0.5) is 22.0 Å². The first kappa shape index (κ1) is 40.8. The molecule has 0 bridgehead atoms. The number of hydrogen-bond donors (Lipinski definition) is 0. The molecule has 0 saturated carbocycles. The molecule has 68 heavy (non-hydrogen) atoms. The van der Waals surface area contributed by atoms with Gasteiger partial charge >= 0.3 is 6.18 Å². The summed E-state index contributed by atoms with van der Waals surface area (Å²) in [7, 11) is 0. The smallest absolute Gasteiger partial charge is 0.309 e. The Morgan fingerprint density at radius 1 is 0.368 bits per heavy atom. The van der Waals surface area contributed by atoms with Crippen molar-refractivity contribution in [3.8, 4) is 67.3 Å². The molecule has 0 amide bonds. The van der Waals surface area contributed by atoms with E-state index >= 15 is 22.0 Å². The van der Waals surface area contributed by atoms with Crippen LogP contribution in [0.25, 0.3) is 111 Å². The molecule has 9 heteroatoms. The monoisotopic (exact) mass is 894 g/mol. The summed E-state index contributed by atoms with van der Waals surface area (Å²) in [5.41, 5.74) is 6.26. The van der Waals surface area contributed by atoms with Gasteiger partial charge in [-0.2, -0.15) is 13.2 Å². The van der Waals surface area contributed by atoms with Gasteiger partial charge in [0.1, 0.15) is 17.2 Å². The molecule has 0 atom stereocenters. The number of aromatic nitrogens is 4. The van der Waals surface area contributed by atoms with E-state index in [1.807, 2.05) is 140 Å². The third-order valence-electron chi connectivity index (χ3n) is 12.8. The zero-order valence-corrected chi connectivity index (χ0v) is 35.9. The molecule has 0 spiro atoms. The van der Waals surface area contributed by atoms with Gasteiger partial charge in [-0.3, -0.25) is 9.97 Å². The lowest BCUT2D eigenvalue weighted by molar-refractivity contribution is -0.137. The summed E-state index contributed by atoms with van der Waals surface area (Å²) in [6, 6.07) is 59.3. The second-order valence-corrected chi connectivity index (χ2v) is 16.7. The average Bonchev–Trinajstić information content (AvgIpc) is 3.88. The highest BCUT2D eigenvalue weighted by Gasteiger charge is 2.41. The van der Waals surface area contributed by atoms with E-state index in [9.17, 15) is 0 Å². The zero-order valence-electron chi connectivity index (χ0n) is 35.9. The summed E-state index contributed by atoms with van der Waals surface area (Å²) < 4.78 is 85.3. The fraction of sp³-hybridized carbons (Fsp3) is 0.0169. The summed E-state index contributed by atoms with van der Waals surface area (Å²) >= 11 is 0. The van der Waals surface area contributed by atoms with E-state index in [1.54, 1.807) is 47.3 Å². The van der Waals surface area contributed by atoms with E-state index in [2.05, 4.69) is 0 Å². The molecule has 4 aromatic heterocycles. The van der Waals surface area contributed by atoms with Crippen LogP contribution in [0.2, 0.25) is 0 Å². The Bertz CT molecular complexity index is 3870. The minimum atomic E-state index is -5.05. The van der Waals surface area contributed by atoms with Crippen molar-refractivity contribution in [3.63, 3.8) is 0 Å². The number of nitrogens with zero attached hydrogens (tertiary/aromatic N) is 4. The number of benzene rings is 8. The van der Waals surface area contributed by atoms with E-state index in [1.165, 1.54) is 22.8 Å². The molecule has 0 aliphatic carbocycles. The number of rotatable bonds is 7. The molecule has 0 aliphatic rings. The summed E-state index contributed by atoms with van der Waals surface area (Å²) in [4.78, 5) is 9.45. The third-order valence-corrected chi connectivity index (χ3v) is 12.8. The standard InChI is InChI=1S/C59H35F5N4/c60-47-18-11-19-48(61)56(47)44-26-31-55(67-51-20-9-7-16-42(51)45-32-38(24-29-53(45)67)40-22-27-49(65-34-40)36-12-3-1-4-13-36)57(59(62,63)64)58(44)68-52-21-10-8-17-43(52)46-33-39(25-30-54(46)68)41-23-28-50(66-35-41)37-14-5-2-6-15-37/h1-35H. The van der Waals surface area contributed by atoms with Gasteiger partial charge in [0, 0.05) is 61.8 Å². The van der Waals surface area contributed by atoms with Gasteiger partial charge < -0.3 is 9.13 Å². The second kappa shape index (κ2) is 16.0. The molecule has 0 radical (unpaired) electrons. The molecule has 0 unspecified atom stereocenters. The molecule has 0 aliphatic heterocycles. The summed E-state index contributed by atoms with van der Waals surface area (Å²) in [5, 5.41) is 2.76. The van der Waals surface area contributed by atoms with Crippen molar-refractivity contribution < 1.29 is 22.0 Å². The lowest BCUT2D eigenvalue weighted by Gasteiger charge is -2.24. The molecular formula is C59H35F5N4.